The number of nitrogens with one attached hydrogen (secondary N) is 1. The standard InChI is InChI=1S/C27H34FN3O5S/c1-5-13-29-27(33)30(4)17-25-19(2)16-31(20(3)18-32)37(34,35)26-12-11-22(15-24(26)36-25)10-9-21-7-6-8-23(28)14-21/h6-8,11-12,14-15,19-20,25,32H,5,13,16-18H2,1-4H3,(H,29,33)/t19-,20-,25-/m0/s1. The average molecular weight is 532 g/mol. The van der Waals surface area contributed by atoms with Crippen LogP contribution >= 0.6 is 0 Å². The molecule has 3 atom stereocenters. The predicted molar refractivity (Wildman–Crippen MR) is 139 cm³/mol. The van der Waals surface area contributed by atoms with E-state index in [2.05, 4.69) is 17.2 Å². The van der Waals surface area contributed by atoms with Crippen LogP contribution in [0.15, 0.2) is 47.4 Å². The van der Waals surface area contributed by atoms with Crippen LogP contribution in [0.4, 0.5) is 9.18 Å². The molecule has 0 fully saturated rings. The van der Waals surface area contributed by atoms with Gasteiger partial charge in [0.25, 0.3) is 0 Å². The van der Waals surface area contributed by atoms with Gasteiger partial charge in [0, 0.05) is 43.2 Å². The topological polar surface area (TPSA) is 99.2 Å². The van der Waals surface area contributed by atoms with Gasteiger partial charge in [-0.25, -0.2) is 17.6 Å². The van der Waals surface area contributed by atoms with E-state index in [0.717, 1.165) is 6.42 Å². The van der Waals surface area contributed by atoms with Crippen LogP contribution in [0, 0.1) is 23.6 Å². The molecule has 0 bridgehead atoms. The van der Waals surface area contributed by atoms with Gasteiger partial charge in [0.05, 0.1) is 13.2 Å². The maximum absolute atomic E-state index is 13.6. The van der Waals surface area contributed by atoms with Gasteiger partial charge < -0.3 is 20.1 Å². The molecule has 2 aromatic carbocycles. The Labute approximate surface area is 218 Å². The third-order valence-electron chi connectivity index (χ3n) is 6.17. The molecule has 8 nitrogen and oxygen atoms in total. The van der Waals surface area contributed by atoms with Crippen LogP contribution in [0.1, 0.15) is 38.3 Å². The van der Waals surface area contributed by atoms with Crippen LogP contribution in [-0.2, 0) is 10.0 Å². The number of sulfonamides is 1. The summed E-state index contributed by atoms with van der Waals surface area (Å²) in [7, 11) is -2.34. The highest BCUT2D eigenvalue weighted by atomic mass is 32.2. The average Bonchev–Trinajstić information content (AvgIpc) is 2.87. The summed E-state index contributed by atoms with van der Waals surface area (Å²) in [6.45, 7) is 5.99. The van der Waals surface area contributed by atoms with Gasteiger partial charge in [-0.2, -0.15) is 4.31 Å². The van der Waals surface area contributed by atoms with E-state index >= 15 is 0 Å². The van der Waals surface area contributed by atoms with Crippen LogP contribution in [0.5, 0.6) is 5.75 Å². The SMILES string of the molecule is CCCNC(=O)N(C)C[C@@H]1Oc2cc(C#Cc3cccc(F)c3)ccc2S(=O)(=O)N([C@@H](C)CO)C[C@@H]1C. The number of halogens is 1. The van der Waals surface area contributed by atoms with Gasteiger partial charge in [0.15, 0.2) is 0 Å². The van der Waals surface area contributed by atoms with E-state index in [9.17, 15) is 22.7 Å². The van der Waals surface area contributed by atoms with Crippen molar-refractivity contribution in [3.8, 4) is 17.6 Å². The zero-order chi connectivity index (χ0) is 27.2. The van der Waals surface area contributed by atoms with Crippen LogP contribution in [-0.4, -0.2) is 74.2 Å². The molecule has 1 heterocycles. The lowest BCUT2D eigenvalue weighted by Gasteiger charge is -2.37. The second kappa shape index (κ2) is 12.4. The zero-order valence-corrected chi connectivity index (χ0v) is 22.4. The third-order valence-corrected chi connectivity index (χ3v) is 8.19. The lowest BCUT2D eigenvalue weighted by atomic mass is 10.0. The van der Waals surface area contributed by atoms with Gasteiger partial charge >= 0.3 is 6.03 Å². The van der Waals surface area contributed by atoms with E-state index in [0.29, 0.717) is 17.7 Å². The van der Waals surface area contributed by atoms with Crippen molar-refractivity contribution in [3.05, 3.63) is 59.4 Å². The van der Waals surface area contributed by atoms with Crippen molar-refractivity contribution in [3.63, 3.8) is 0 Å². The fourth-order valence-electron chi connectivity index (χ4n) is 3.95. The number of fused-ring (bicyclic) bond motifs is 1. The number of hydrogen-bond donors (Lipinski definition) is 2. The van der Waals surface area contributed by atoms with Crippen LogP contribution < -0.4 is 10.1 Å². The van der Waals surface area contributed by atoms with Crippen molar-refractivity contribution in [2.24, 2.45) is 5.92 Å². The van der Waals surface area contributed by atoms with E-state index in [1.165, 1.54) is 27.4 Å². The van der Waals surface area contributed by atoms with Crippen molar-refractivity contribution in [1.82, 2.24) is 14.5 Å². The van der Waals surface area contributed by atoms with Crippen molar-refractivity contribution in [1.29, 1.82) is 0 Å². The number of benzene rings is 2. The number of rotatable bonds is 6. The van der Waals surface area contributed by atoms with Crippen molar-refractivity contribution < 1.29 is 27.4 Å². The molecule has 1 aliphatic heterocycles. The lowest BCUT2D eigenvalue weighted by molar-refractivity contribution is 0.0812. The van der Waals surface area contributed by atoms with Crippen molar-refractivity contribution in [2.45, 2.75) is 44.2 Å². The highest BCUT2D eigenvalue weighted by molar-refractivity contribution is 7.89. The smallest absolute Gasteiger partial charge is 0.317 e. The Morgan fingerprint density at radius 2 is 1.97 bits per heavy atom. The lowest BCUT2D eigenvalue weighted by Crippen LogP contribution is -2.51. The second-order valence-corrected chi connectivity index (χ2v) is 11.1. The van der Waals surface area contributed by atoms with E-state index in [1.54, 1.807) is 38.2 Å². The Balaban J connectivity index is 2.02. The molecule has 200 valence electrons. The molecule has 0 aromatic heterocycles. The number of aliphatic hydroxyl groups excluding tert-OH is 1. The molecule has 2 aromatic rings. The first-order valence-corrected chi connectivity index (χ1v) is 13.7. The Hall–Kier alpha value is -3.13. The van der Waals surface area contributed by atoms with Gasteiger partial charge in [-0.05, 0) is 49.7 Å². The minimum atomic E-state index is -4.00. The first kappa shape index (κ1) is 28.4. The Kier molecular flexibility index (Phi) is 9.54. The monoisotopic (exact) mass is 531 g/mol. The Morgan fingerprint density at radius 1 is 1.27 bits per heavy atom. The van der Waals surface area contributed by atoms with Gasteiger partial charge in [-0.3, -0.25) is 0 Å². The Morgan fingerprint density at radius 3 is 2.62 bits per heavy atom. The number of urea groups is 1. The summed E-state index contributed by atoms with van der Waals surface area (Å²) < 4.78 is 48.2. The van der Waals surface area contributed by atoms with E-state index in [4.69, 9.17) is 4.74 Å². The molecular formula is C27H34FN3O5S. The molecule has 10 heteroatoms. The summed E-state index contributed by atoms with van der Waals surface area (Å²) in [4.78, 5) is 13.9. The molecule has 0 spiro atoms. The summed E-state index contributed by atoms with van der Waals surface area (Å²) >= 11 is 0. The summed E-state index contributed by atoms with van der Waals surface area (Å²) in [6, 6.07) is 9.52. The molecule has 3 rings (SSSR count). The first-order chi connectivity index (χ1) is 17.6. The van der Waals surface area contributed by atoms with E-state index in [1.807, 2.05) is 13.8 Å². The van der Waals surface area contributed by atoms with Gasteiger partial charge in [0.2, 0.25) is 10.0 Å². The molecule has 0 unspecified atom stereocenters. The maximum atomic E-state index is 13.6. The minimum Gasteiger partial charge on any atom is -0.487 e. The molecule has 0 saturated heterocycles. The number of ether oxygens (including phenoxy) is 1. The minimum absolute atomic E-state index is 0.0425. The normalized spacial score (nSPS) is 19.7. The van der Waals surface area contributed by atoms with Crippen LogP contribution in [0.2, 0.25) is 0 Å². The maximum Gasteiger partial charge on any atom is 0.317 e. The molecule has 0 saturated carbocycles. The molecule has 2 amide bonds. The highest BCUT2D eigenvalue weighted by Crippen LogP contribution is 2.34. The summed E-state index contributed by atoms with van der Waals surface area (Å²) in [5.74, 6) is 5.22. The highest BCUT2D eigenvalue weighted by Gasteiger charge is 2.38. The molecule has 1 aliphatic rings. The number of amides is 2. The van der Waals surface area contributed by atoms with Gasteiger partial charge in [-0.15, -0.1) is 0 Å². The first-order valence-electron chi connectivity index (χ1n) is 12.3. The number of carbonyl (C=O) groups is 1. The van der Waals surface area contributed by atoms with Gasteiger partial charge in [0.1, 0.15) is 22.6 Å². The predicted octanol–water partition coefficient (Wildman–Crippen LogP) is 3.05. The number of hydrogen-bond acceptors (Lipinski definition) is 5. The molecule has 0 aliphatic carbocycles. The Bertz CT molecular complexity index is 1270. The fourth-order valence-corrected chi connectivity index (χ4v) is 5.78. The number of carbonyl (C=O) groups excluding carboxylic acids is 1. The fraction of sp³-hybridized carbons (Fsp3) is 0.444. The quantitative estimate of drug-likeness (QED) is 0.559. The summed E-state index contributed by atoms with van der Waals surface area (Å²) in [6.07, 6.45) is 0.264. The third kappa shape index (κ3) is 7.01. The molecule has 37 heavy (non-hydrogen) atoms. The summed E-state index contributed by atoms with van der Waals surface area (Å²) in [5.41, 5.74) is 0.968. The number of nitrogens with zero attached hydrogens (tertiary/aromatic N) is 2. The van der Waals surface area contributed by atoms with E-state index < -0.39 is 28.0 Å². The van der Waals surface area contributed by atoms with Crippen LogP contribution in [0.25, 0.3) is 0 Å². The van der Waals surface area contributed by atoms with Crippen LogP contribution in [0.3, 0.4) is 0 Å². The zero-order valence-electron chi connectivity index (χ0n) is 21.6. The molecular weight excluding hydrogens is 497 g/mol. The summed E-state index contributed by atoms with van der Waals surface area (Å²) in [5, 5.41) is 12.6. The number of aliphatic hydroxyl groups is 1. The van der Waals surface area contributed by atoms with Crippen molar-refractivity contribution >= 4 is 16.1 Å². The number of likely N-dealkylation sites (N-methyl/N-ethyl adjacent to an activating group) is 1. The van der Waals surface area contributed by atoms with E-state index in [-0.39, 0.29) is 42.3 Å². The molecule has 0 radical (unpaired) electrons. The largest absolute Gasteiger partial charge is 0.487 e. The van der Waals surface area contributed by atoms with Gasteiger partial charge in [-0.1, -0.05) is 31.8 Å². The van der Waals surface area contributed by atoms with Crippen molar-refractivity contribution in [2.75, 3.05) is 33.3 Å². The molecule has 2 N–H and O–H groups in total. The second-order valence-electron chi connectivity index (χ2n) is 9.27.